The molecule has 2 aromatic carbocycles. The van der Waals surface area contributed by atoms with Crippen molar-refractivity contribution in [1.82, 2.24) is 5.32 Å². The van der Waals surface area contributed by atoms with Gasteiger partial charge in [-0.1, -0.05) is 24.3 Å². The second kappa shape index (κ2) is 5.81. The van der Waals surface area contributed by atoms with Crippen LogP contribution >= 0.6 is 0 Å². The number of hydrogen-bond acceptors (Lipinski definition) is 3. The average molecular weight is 297 g/mol. The number of carbonyl (C=O) groups is 1. The molecule has 1 aliphatic carbocycles. The standard InChI is InChI=1S/C18H19NO3/c1-22-15-8-6-14(7-9-15)17(20)19-12-18(21)11-10-13-4-2-3-5-16(13)18/h2-9,21H,10-12H2,1H3,(H,19,20). The van der Waals surface area contributed by atoms with Crippen LogP contribution in [0.25, 0.3) is 0 Å². The molecule has 1 atom stereocenters. The number of fused-ring (bicyclic) bond motifs is 1. The largest absolute Gasteiger partial charge is 0.497 e. The lowest BCUT2D eigenvalue weighted by molar-refractivity contribution is 0.0369. The summed E-state index contributed by atoms with van der Waals surface area (Å²) in [7, 11) is 1.59. The highest BCUT2D eigenvalue weighted by Crippen LogP contribution is 2.36. The Morgan fingerprint density at radius 3 is 2.68 bits per heavy atom. The molecule has 2 N–H and O–H groups in total. The fraction of sp³-hybridized carbons (Fsp3) is 0.278. The van der Waals surface area contributed by atoms with E-state index >= 15 is 0 Å². The quantitative estimate of drug-likeness (QED) is 0.910. The van der Waals surface area contributed by atoms with Crippen LogP contribution in [0, 0.1) is 0 Å². The van der Waals surface area contributed by atoms with Gasteiger partial charge in [0.1, 0.15) is 11.4 Å². The molecule has 0 bridgehead atoms. The van der Waals surface area contributed by atoms with E-state index in [1.54, 1.807) is 31.4 Å². The van der Waals surface area contributed by atoms with E-state index in [4.69, 9.17) is 4.74 Å². The molecule has 3 rings (SSSR count). The van der Waals surface area contributed by atoms with E-state index < -0.39 is 5.60 Å². The third kappa shape index (κ3) is 2.70. The van der Waals surface area contributed by atoms with Gasteiger partial charge in [-0.05, 0) is 48.2 Å². The molecule has 0 fully saturated rings. The molecule has 114 valence electrons. The zero-order valence-corrected chi connectivity index (χ0v) is 12.5. The van der Waals surface area contributed by atoms with E-state index in [1.807, 2.05) is 24.3 Å². The number of nitrogens with one attached hydrogen (secondary N) is 1. The van der Waals surface area contributed by atoms with Gasteiger partial charge in [0, 0.05) is 5.56 Å². The molecule has 0 saturated carbocycles. The first-order valence-corrected chi connectivity index (χ1v) is 7.35. The molecule has 1 unspecified atom stereocenters. The zero-order chi connectivity index (χ0) is 15.6. The second-order valence-corrected chi connectivity index (χ2v) is 5.60. The van der Waals surface area contributed by atoms with Crippen LogP contribution in [-0.4, -0.2) is 24.7 Å². The molecular weight excluding hydrogens is 278 g/mol. The molecule has 1 amide bonds. The summed E-state index contributed by atoms with van der Waals surface area (Å²) in [6, 6.07) is 14.8. The van der Waals surface area contributed by atoms with Crippen LogP contribution in [-0.2, 0) is 12.0 Å². The van der Waals surface area contributed by atoms with Gasteiger partial charge >= 0.3 is 0 Å². The maximum Gasteiger partial charge on any atom is 0.251 e. The molecule has 22 heavy (non-hydrogen) atoms. The van der Waals surface area contributed by atoms with Gasteiger partial charge in [0.25, 0.3) is 5.91 Å². The van der Waals surface area contributed by atoms with Crippen LogP contribution in [0.3, 0.4) is 0 Å². The fourth-order valence-corrected chi connectivity index (χ4v) is 2.92. The van der Waals surface area contributed by atoms with E-state index in [0.717, 1.165) is 17.5 Å². The molecule has 4 heteroatoms. The lowest BCUT2D eigenvalue weighted by Gasteiger charge is -2.24. The summed E-state index contributed by atoms with van der Waals surface area (Å²) >= 11 is 0. The predicted octanol–water partition coefficient (Wildman–Crippen LogP) is 2.26. The van der Waals surface area contributed by atoms with E-state index in [9.17, 15) is 9.90 Å². The third-order valence-corrected chi connectivity index (χ3v) is 4.22. The Kier molecular flexibility index (Phi) is 3.86. The number of carbonyl (C=O) groups excluding carboxylic acids is 1. The summed E-state index contributed by atoms with van der Waals surface area (Å²) in [5, 5.41) is 13.6. The van der Waals surface area contributed by atoms with Gasteiger partial charge in [-0.15, -0.1) is 0 Å². The van der Waals surface area contributed by atoms with Crippen LogP contribution in [0.4, 0.5) is 0 Å². The van der Waals surface area contributed by atoms with Gasteiger partial charge in [0.2, 0.25) is 0 Å². The molecule has 0 radical (unpaired) electrons. The first-order chi connectivity index (χ1) is 10.6. The summed E-state index contributed by atoms with van der Waals surface area (Å²) in [5.74, 6) is 0.514. The molecular formula is C18H19NO3. The zero-order valence-electron chi connectivity index (χ0n) is 12.5. The summed E-state index contributed by atoms with van der Waals surface area (Å²) in [6.07, 6.45) is 1.47. The maximum atomic E-state index is 12.2. The van der Waals surface area contributed by atoms with Gasteiger partial charge in [-0.25, -0.2) is 0 Å². The van der Waals surface area contributed by atoms with Crippen molar-refractivity contribution >= 4 is 5.91 Å². The summed E-state index contributed by atoms with van der Waals surface area (Å²) in [5.41, 5.74) is 1.66. The van der Waals surface area contributed by atoms with Gasteiger partial charge < -0.3 is 15.2 Å². The Bertz CT molecular complexity index is 681. The monoisotopic (exact) mass is 297 g/mol. The summed E-state index contributed by atoms with van der Waals surface area (Å²) < 4.78 is 5.07. The minimum absolute atomic E-state index is 0.194. The minimum Gasteiger partial charge on any atom is -0.497 e. The van der Waals surface area contributed by atoms with Crippen molar-refractivity contribution < 1.29 is 14.6 Å². The van der Waals surface area contributed by atoms with Gasteiger partial charge in [-0.2, -0.15) is 0 Å². The van der Waals surface area contributed by atoms with Gasteiger partial charge in [0.15, 0.2) is 0 Å². The first-order valence-electron chi connectivity index (χ1n) is 7.35. The van der Waals surface area contributed by atoms with E-state index in [1.165, 1.54) is 0 Å². The average Bonchev–Trinajstić information content (AvgIpc) is 2.91. The Morgan fingerprint density at radius 1 is 1.23 bits per heavy atom. The van der Waals surface area contributed by atoms with Crippen molar-refractivity contribution in [2.75, 3.05) is 13.7 Å². The number of methoxy groups -OCH3 is 1. The normalized spacial score (nSPS) is 19.5. The summed E-state index contributed by atoms with van der Waals surface area (Å²) in [6.45, 7) is 0.217. The molecule has 1 aliphatic rings. The smallest absolute Gasteiger partial charge is 0.251 e. The molecule has 4 nitrogen and oxygen atoms in total. The van der Waals surface area contributed by atoms with E-state index in [2.05, 4.69) is 5.32 Å². The molecule has 0 aliphatic heterocycles. The third-order valence-electron chi connectivity index (χ3n) is 4.22. The minimum atomic E-state index is -0.973. The number of benzene rings is 2. The van der Waals surface area contributed by atoms with E-state index in [0.29, 0.717) is 17.7 Å². The van der Waals surface area contributed by atoms with Crippen LogP contribution in [0.1, 0.15) is 27.9 Å². The van der Waals surface area contributed by atoms with Crippen LogP contribution < -0.4 is 10.1 Å². The number of aliphatic hydroxyl groups is 1. The number of rotatable bonds is 4. The number of hydrogen-bond donors (Lipinski definition) is 2. The Labute approximate surface area is 129 Å². The lowest BCUT2D eigenvalue weighted by Crippen LogP contribution is -2.39. The van der Waals surface area contributed by atoms with Crippen molar-refractivity contribution in [1.29, 1.82) is 0 Å². The highest BCUT2D eigenvalue weighted by Gasteiger charge is 2.36. The SMILES string of the molecule is COc1ccc(C(=O)NCC2(O)CCc3ccccc32)cc1. The topological polar surface area (TPSA) is 58.6 Å². The predicted molar refractivity (Wildman–Crippen MR) is 84.0 cm³/mol. The number of ether oxygens (including phenoxy) is 1. The molecule has 0 aromatic heterocycles. The molecule has 0 heterocycles. The molecule has 0 saturated heterocycles. The van der Waals surface area contributed by atoms with Crippen LogP contribution in [0.15, 0.2) is 48.5 Å². The van der Waals surface area contributed by atoms with E-state index in [-0.39, 0.29) is 12.5 Å². The van der Waals surface area contributed by atoms with Crippen molar-refractivity contribution in [2.45, 2.75) is 18.4 Å². The Hall–Kier alpha value is -2.33. The van der Waals surface area contributed by atoms with Crippen molar-refractivity contribution in [3.8, 4) is 5.75 Å². The highest BCUT2D eigenvalue weighted by molar-refractivity contribution is 5.94. The van der Waals surface area contributed by atoms with Gasteiger partial charge in [-0.3, -0.25) is 4.79 Å². The number of aryl methyl sites for hydroxylation is 1. The number of amides is 1. The molecule has 0 spiro atoms. The maximum absolute atomic E-state index is 12.2. The first kappa shape index (κ1) is 14.6. The van der Waals surface area contributed by atoms with Crippen molar-refractivity contribution in [3.05, 3.63) is 65.2 Å². The van der Waals surface area contributed by atoms with Crippen molar-refractivity contribution in [3.63, 3.8) is 0 Å². The van der Waals surface area contributed by atoms with Crippen LogP contribution in [0.2, 0.25) is 0 Å². The van der Waals surface area contributed by atoms with Crippen molar-refractivity contribution in [2.24, 2.45) is 0 Å². The fourth-order valence-electron chi connectivity index (χ4n) is 2.92. The Morgan fingerprint density at radius 2 is 1.95 bits per heavy atom. The van der Waals surface area contributed by atoms with Crippen LogP contribution in [0.5, 0.6) is 5.75 Å². The molecule has 2 aromatic rings. The second-order valence-electron chi connectivity index (χ2n) is 5.60. The lowest BCUT2D eigenvalue weighted by atomic mass is 9.96. The Balaban J connectivity index is 1.68. The summed E-state index contributed by atoms with van der Waals surface area (Å²) in [4.78, 5) is 12.2. The highest BCUT2D eigenvalue weighted by atomic mass is 16.5. The van der Waals surface area contributed by atoms with Gasteiger partial charge in [0.05, 0.1) is 13.7 Å².